The fraction of sp³-hybridized carbons (Fsp3) is 0.722. The van der Waals surface area contributed by atoms with E-state index in [-0.39, 0.29) is 23.6 Å². The van der Waals surface area contributed by atoms with Crippen LogP contribution in [-0.2, 0) is 6.54 Å². The van der Waals surface area contributed by atoms with Crippen LogP contribution in [0.15, 0.2) is 4.79 Å². The van der Waals surface area contributed by atoms with Crippen LogP contribution in [-0.4, -0.2) is 56.7 Å². The molecule has 1 aliphatic rings. The lowest BCUT2D eigenvalue weighted by Crippen LogP contribution is -2.38. The number of anilines is 1. The lowest BCUT2D eigenvalue weighted by Gasteiger charge is -2.31. The first-order valence-corrected chi connectivity index (χ1v) is 9.86. The molecule has 9 nitrogen and oxygen atoms in total. The summed E-state index contributed by atoms with van der Waals surface area (Å²) in [6.45, 7) is 8.34. The van der Waals surface area contributed by atoms with Crippen molar-refractivity contribution in [1.82, 2.24) is 24.4 Å². The number of nitrogens with two attached hydrogens (primary N) is 2. The maximum atomic E-state index is 12.5. The molecule has 0 spiro atoms. The van der Waals surface area contributed by atoms with Crippen molar-refractivity contribution in [1.29, 1.82) is 0 Å². The summed E-state index contributed by atoms with van der Waals surface area (Å²) in [5, 5.41) is 0. The number of likely N-dealkylation sites (tertiary alicyclic amines) is 1. The summed E-state index contributed by atoms with van der Waals surface area (Å²) < 4.78 is 7.46. The SMILES string of the molecule is CCC[C@H](C)Oc1nc(N)c2[nH]c(=O)n(CC3CCN(CCN)CC3)c2n1. The number of rotatable bonds is 8. The Balaban J connectivity index is 1.79. The topological polar surface area (TPSA) is 128 Å². The van der Waals surface area contributed by atoms with Gasteiger partial charge >= 0.3 is 11.7 Å². The number of ether oxygens (including phenoxy) is 1. The molecule has 3 rings (SSSR count). The summed E-state index contributed by atoms with van der Waals surface area (Å²) in [5.74, 6) is 0.669. The molecule has 3 heterocycles. The molecule has 0 saturated carbocycles. The number of fused-ring (bicyclic) bond motifs is 1. The van der Waals surface area contributed by atoms with Gasteiger partial charge in [0.15, 0.2) is 11.5 Å². The van der Waals surface area contributed by atoms with E-state index in [0.717, 1.165) is 45.3 Å². The minimum atomic E-state index is -0.200. The monoisotopic (exact) mass is 377 g/mol. The first-order valence-electron chi connectivity index (χ1n) is 9.86. The van der Waals surface area contributed by atoms with Crippen molar-refractivity contribution in [3.63, 3.8) is 0 Å². The second-order valence-electron chi connectivity index (χ2n) is 7.42. The summed E-state index contributed by atoms with van der Waals surface area (Å²) >= 11 is 0. The van der Waals surface area contributed by atoms with Gasteiger partial charge in [-0.15, -0.1) is 0 Å². The van der Waals surface area contributed by atoms with Gasteiger partial charge in [0.05, 0.1) is 6.10 Å². The second kappa shape index (κ2) is 8.71. The van der Waals surface area contributed by atoms with Gasteiger partial charge in [-0.25, -0.2) is 4.79 Å². The van der Waals surface area contributed by atoms with E-state index in [4.69, 9.17) is 16.2 Å². The number of H-pyrrole nitrogens is 1. The molecular weight excluding hydrogens is 346 g/mol. The van der Waals surface area contributed by atoms with Gasteiger partial charge in [0.2, 0.25) is 0 Å². The lowest BCUT2D eigenvalue weighted by atomic mass is 9.97. The molecule has 0 bridgehead atoms. The number of nitrogens with one attached hydrogen (secondary N) is 1. The number of aromatic amines is 1. The standard InChI is InChI=1S/C18H31N7O2/c1-3-4-12(2)27-17-22-15(20)14-16(23-17)25(18(26)21-14)11-13-5-8-24(9-6-13)10-7-19/h12-13H,3-11,19H2,1-2H3,(H,21,26)(H2,20,22,23)/t12-/m0/s1. The van der Waals surface area contributed by atoms with Crippen molar-refractivity contribution in [3.8, 4) is 6.01 Å². The molecule has 0 amide bonds. The van der Waals surface area contributed by atoms with Gasteiger partial charge in [-0.3, -0.25) is 4.57 Å². The van der Waals surface area contributed by atoms with Crippen molar-refractivity contribution in [3.05, 3.63) is 10.5 Å². The van der Waals surface area contributed by atoms with E-state index in [9.17, 15) is 4.79 Å². The van der Waals surface area contributed by atoms with Crippen molar-refractivity contribution < 1.29 is 4.74 Å². The molecule has 1 fully saturated rings. The number of hydrogen-bond donors (Lipinski definition) is 3. The maximum Gasteiger partial charge on any atom is 0.327 e. The third kappa shape index (κ3) is 4.59. The number of hydrogen-bond acceptors (Lipinski definition) is 7. The molecule has 2 aromatic heterocycles. The number of piperidine rings is 1. The molecular formula is C18H31N7O2. The fourth-order valence-electron chi connectivity index (χ4n) is 3.73. The van der Waals surface area contributed by atoms with E-state index >= 15 is 0 Å². The number of nitrogen functional groups attached to an aromatic ring is 1. The van der Waals surface area contributed by atoms with Crippen LogP contribution < -0.4 is 21.9 Å². The number of nitrogens with zero attached hydrogens (tertiary/aromatic N) is 4. The Hall–Kier alpha value is -2.13. The van der Waals surface area contributed by atoms with Gasteiger partial charge in [-0.2, -0.15) is 9.97 Å². The van der Waals surface area contributed by atoms with Crippen molar-refractivity contribution >= 4 is 17.0 Å². The van der Waals surface area contributed by atoms with Gasteiger partial charge in [-0.1, -0.05) is 13.3 Å². The Labute approximate surface area is 159 Å². The summed E-state index contributed by atoms with van der Waals surface area (Å²) in [6, 6.07) is 0.228. The summed E-state index contributed by atoms with van der Waals surface area (Å²) in [5.41, 5.74) is 12.5. The van der Waals surface area contributed by atoms with Gasteiger partial charge in [0, 0.05) is 19.6 Å². The number of aromatic nitrogens is 4. The van der Waals surface area contributed by atoms with Crippen LogP contribution in [0.5, 0.6) is 6.01 Å². The van der Waals surface area contributed by atoms with Gasteiger partial charge in [0.25, 0.3) is 0 Å². The molecule has 1 atom stereocenters. The van der Waals surface area contributed by atoms with E-state index in [1.807, 2.05) is 6.92 Å². The van der Waals surface area contributed by atoms with E-state index < -0.39 is 0 Å². The highest BCUT2D eigenvalue weighted by Crippen LogP contribution is 2.23. The average molecular weight is 377 g/mol. The molecule has 2 aromatic rings. The van der Waals surface area contributed by atoms with Crippen LogP contribution >= 0.6 is 0 Å². The Morgan fingerprint density at radius 2 is 2.07 bits per heavy atom. The quantitative estimate of drug-likeness (QED) is 0.624. The van der Waals surface area contributed by atoms with Crippen LogP contribution in [0.2, 0.25) is 0 Å². The molecule has 0 radical (unpaired) electrons. The molecule has 1 aliphatic heterocycles. The summed E-state index contributed by atoms with van der Waals surface area (Å²) in [4.78, 5) is 26.3. The molecule has 0 aromatic carbocycles. The second-order valence-corrected chi connectivity index (χ2v) is 7.42. The van der Waals surface area contributed by atoms with Gasteiger partial charge in [0.1, 0.15) is 5.52 Å². The van der Waals surface area contributed by atoms with Crippen LogP contribution in [0.3, 0.4) is 0 Å². The van der Waals surface area contributed by atoms with Gasteiger partial charge < -0.3 is 26.1 Å². The Morgan fingerprint density at radius 1 is 1.33 bits per heavy atom. The van der Waals surface area contributed by atoms with Crippen LogP contribution in [0.25, 0.3) is 11.2 Å². The first kappa shape index (κ1) is 19.6. The van der Waals surface area contributed by atoms with Crippen LogP contribution in [0, 0.1) is 5.92 Å². The summed E-state index contributed by atoms with van der Waals surface area (Å²) in [6.07, 6.45) is 3.99. The molecule has 9 heteroatoms. The molecule has 27 heavy (non-hydrogen) atoms. The van der Waals surface area contributed by atoms with Crippen molar-refractivity contribution in [2.45, 2.75) is 52.2 Å². The highest BCUT2D eigenvalue weighted by atomic mass is 16.5. The molecule has 1 saturated heterocycles. The Bertz CT molecular complexity index is 808. The third-order valence-corrected chi connectivity index (χ3v) is 5.23. The Kier molecular flexibility index (Phi) is 6.33. The summed E-state index contributed by atoms with van der Waals surface area (Å²) in [7, 11) is 0. The van der Waals surface area contributed by atoms with Crippen LogP contribution in [0.1, 0.15) is 39.5 Å². The largest absolute Gasteiger partial charge is 0.460 e. The van der Waals surface area contributed by atoms with Gasteiger partial charge in [-0.05, 0) is 45.2 Å². The van der Waals surface area contributed by atoms with E-state index in [1.54, 1.807) is 4.57 Å². The lowest BCUT2D eigenvalue weighted by molar-refractivity contribution is 0.177. The minimum Gasteiger partial charge on any atom is -0.460 e. The Morgan fingerprint density at radius 3 is 2.74 bits per heavy atom. The molecule has 0 aliphatic carbocycles. The molecule has 150 valence electrons. The first-order chi connectivity index (χ1) is 13.0. The van der Waals surface area contributed by atoms with E-state index in [2.05, 4.69) is 26.8 Å². The minimum absolute atomic E-state index is 0.00200. The predicted octanol–water partition coefficient (Wildman–Crippen LogP) is 0.940. The van der Waals surface area contributed by atoms with E-state index in [0.29, 0.717) is 30.2 Å². The van der Waals surface area contributed by atoms with E-state index in [1.165, 1.54) is 0 Å². The highest BCUT2D eigenvalue weighted by molar-refractivity contribution is 5.81. The molecule has 5 N–H and O–H groups in total. The molecule has 0 unspecified atom stereocenters. The number of imidazole rings is 1. The predicted molar refractivity (Wildman–Crippen MR) is 106 cm³/mol. The van der Waals surface area contributed by atoms with Crippen LogP contribution in [0.4, 0.5) is 5.82 Å². The van der Waals surface area contributed by atoms with Crippen molar-refractivity contribution in [2.24, 2.45) is 11.7 Å². The average Bonchev–Trinajstić information content (AvgIpc) is 2.94. The zero-order valence-corrected chi connectivity index (χ0v) is 16.3. The van der Waals surface area contributed by atoms with Crippen molar-refractivity contribution in [2.75, 3.05) is 31.9 Å². The zero-order valence-electron chi connectivity index (χ0n) is 16.3. The maximum absolute atomic E-state index is 12.5. The highest BCUT2D eigenvalue weighted by Gasteiger charge is 2.22. The third-order valence-electron chi connectivity index (χ3n) is 5.23. The smallest absolute Gasteiger partial charge is 0.327 e. The zero-order chi connectivity index (χ0) is 19.4. The fourth-order valence-corrected chi connectivity index (χ4v) is 3.73. The normalized spacial score (nSPS) is 17.4.